The summed E-state index contributed by atoms with van der Waals surface area (Å²) in [5, 5.41) is 0. The van der Waals surface area contributed by atoms with Crippen LogP contribution in [0.4, 0.5) is 0 Å². The molecule has 5 rings (SSSR count). The van der Waals surface area contributed by atoms with Crippen LogP contribution in [0.5, 0.6) is 0 Å². The van der Waals surface area contributed by atoms with Gasteiger partial charge in [0.25, 0.3) is 0 Å². The lowest BCUT2D eigenvalue weighted by Crippen LogP contribution is -2.39. The van der Waals surface area contributed by atoms with Gasteiger partial charge in [-0.05, 0) is 49.4 Å². The number of hydrogen-bond donors (Lipinski definition) is 0. The van der Waals surface area contributed by atoms with Gasteiger partial charge in [0.2, 0.25) is 0 Å². The lowest BCUT2D eigenvalue weighted by atomic mass is 9.78. The van der Waals surface area contributed by atoms with E-state index in [1.54, 1.807) is 16.4 Å². The van der Waals surface area contributed by atoms with Gasteiger partial charge in [-0.3, -0.25) is 0 Å². The third kappa shape index (κ3) is 0.780. The average Bonchev–Trinajstić information content (AvgIpc) is 3.11. The monoisotopic (exact) mass is 247 g/mol. The standard InChI is InChI=1S/C13H17N3O2/c1-14-12(17)15-8-5-9(16(15)13(14)18)11-7-3-2-6(4-7)10(8)11/h6-11H,2-5H2,1H3/t6-,7-,8-,9-,10+,11+/m0/s1. The summed E-state index contributed by atoms with van der Waals surface area (Å²) >= 11 is 0. The van der Waals surface area contributed by atoms with E-state index in [4.69, 9.17) is 0 Å². The van der Waals surface area contributed by atoms with Gasteiger partial charge in [0.15, 0.2) is 0 Å². The molecule has 1 aromatic heterocycles. The largest absolute Gasteiger partial charge is 0.347 e. The number of rotatable bonds is 0. The topological polar surface area (TPSA) is 48.9 Å². The quantitative estimate of drug-likeness (QED) is 0.627. The molecule has 6 atom stereocenters. The molecule has 0 radical (unpaired) electrons. The van der Waals surface area contributed by atoms with Crippen molar-refractivity contribution in [3.8, 4) is 0 Å². The predicted octanol–water partition coefficient (Wildman–Crippen LogP) is 0.510. The average molecular weight is 247 g/mol. The fraction of sp³-hybridized carbons (Fsp3) is 0.846. The normalized spacial score (nSPS) is 46.7. The highest BCUT2D eigenvalue weighted by atomic mass is 16.2. The molecule has 0 N–H and O–H groups in total. The van der Waals surface area contributed by atoms with Gasteiger partial charge in [0, 0.05) is 7.05 Å². The van der Waals surface area contributed by atoms with Gasteiger partial charge in [-0.25, -0.2) is 23.5 Å². The molecular weight excluding hydrogens is 230 g/mol. The molecule has 0 saturated heterocycles. The van der Waals surface area contributed by atoms with Crippen molar-refractivity contribution in [1.29, 1.82) is 0 Å². The van der Waals surface area contributed by atoms with Crippen molar-refractivity contribution in [2.45, 2.75) is 37.8 Å². The Kier molecular flexibility index (Phi) is 1.43. The van der Waals surface area contributed by atoms with E-state index in [-0.39, 0.29) is 11.4 Å². The van der Waals surface area contributed by atoms with Crippen LogP contribution < -0.4 is 11.4 Å². The molecule has 0 aromatic carbocycles. The van der Waals surface area contributed by atoms with Gasteiger partial charge in [0.05, 0.1) is 12.1 Å². The summed E-state index contributed by atoms with van der Waals surface area (Å²) in [5.41, 5.74) is -0.206. The van der Waals surface area contributed by atoms with Crippen LogP contribution in [0.1, 0.15) is 37.8 Å². The molecule has 5 nitrogen and oxygen atoms in total. The van der Waals surface area contributed by atoms with Gasteiger partial charge in [-0.15, -0.1) is 0 Å². The Morgan fingerprint density at radius 3 is 1.89 bits per heavy atom. The Bertz CT molecular complexity index is 613. The second kappa shape index (κ2) is 2.68. The number of nitrogens with zero attached hydrogens (tertiary/aromatic N) is 3. The lowest BCUT2D eigenvalue weighted by Gasteiger charge is -2.35. The SMILES string of the molecule is Cn1c(=O)n2n(c1=O)[C@H]1C[C@H]2[C@H]2[C@H]3CC[C@@H](C3)[C@@H]21. The number of aromatic nitrogens is 3. The Hall–Kier alpha value is -1.26. The maximum Gasteiger partial charge on any atom is 0.347 e. The Labute approximate surface area is 104 Å². The second-order valence-electron chi connectivity index (χ2n) is 6.67. The van der Waals surface area contributed by atoms with E-state index in [1.165, 1.54) is 23.8 Å². The molecule has 3 aliphatic carbocycles. The zero-order valence-corrected chi connectivity index (χ0v) is 10.5. The van der Waals surface area contributed by atoms with Crippen molar-refractivity contribution in [1.82, 2.24) is 13.9 Å². The maximum absolute atomic E-state index is 12.2. The predicted molar refractivity (Wildman–Crippen MR) is 64.4 cm³/mol. The Morgan fingerprint density at radius 2 is 1.39 bits per heavy atom. The van der Waals surface area contributed by atoms with E-state index in [0.29, 0.717) is 23.9 Å². The zero-order chi connectivity index (χ0) is 12.2. The van der Waals surface area contributed by atoms with Gasteiger partial charge < -0.3 is 0 Å². The van der Waals surface area contributed by atoms with Crippen LogP contribution in [0.3, 0.4) is 0 Å². The van der Waals surface area contributed by atoms with Crippen molar-refractivity contribution in [2.75, 3.05) is 0 Å². The van der Waals surface area contributed by atoms with Crippen molar-refractivity contribution in [3.05, 3.63) is 21.0 Å². The van der Waals surface area contributed by atoms with Crippen molar-refractivity contribution in [2.24, 2.45) is 30.7 Å². The van der Waals surface area contributed by atoms with E-state index < -0.39 is 0 Å². The number of hydrogen-bond acceptors (Lipinski definition) is 2. The Balaban J connectivity index is 1.78. The molecule has 3 saturated carbocycles. The van der Waals surface area contributed by atoms with Crippen LogP contribution in [0.15, 0.2) is 9.59 Å². The molecule has 1 aliphatic heterocycles. The molecule has 5 heteroatoms. The van der Waals surface area contributed by atoms with E-state index >= 15 is 0 Å². The highest BCUT2D eigenvalue weighted by Crippen LogP contribution is 2.66. The molecule has 0 unspecified atom stereocenters. The minimum atomic E-state index is -0.103. The summed E-state index contributed by atoms with van der Waals surface area (Å²) in [7, 11) is 1.60. The van der Waals surface area contributed by atoms with Gasteiger partial charge >= 0.3 is 11.4 Å². The van der Waals surface area contributed by atoms with Crippen LogP contribution >= 0.6 is 0 Å². The maximum atomic E-state index is 12.2. The first kappa shape index (κ1) is 9.64. The fourth-order valence-electron chi connectivity index (χ4n) is 5.79. The van der Waals surface area contributed by atoms with Crippen LogP contribution in [0, 0.1) is 23.7 Å². The van der Waals surface area contributed by atoms with E-state index in [1.807, 2.05) is 0 Å². The van der Waals surface area contributed by atoms with Crippen LogP contribution in [-0.4, -0.2) is 13.9 Å². The fourth-order valence-corrected chi connectivity index (χ4v) is 5.79. The number of fused-ring (bicyclic) bond motifs is 12. The first-order valence-corrected chi connectivity index (χ1v) is 7.08. The first-order valence-electron chi connectivity index (χ1n) is 7.08. The molecular formula is C13H17N3O2. The van der Waals surface area contributed by atoms with Crippen LogP contribution in [-0.2, 0) is 7.05 Å². The molecule has 96 valence electrons. The third-order valence-corrected chi connectivity index (χ3v) is 6.24. The van der Waals surface area contributed by atoms with Crippen LogP contribution in [0.25, 0.3) is 0 Å². The second-order valence-corrected chi connectivity index (χ2v) is 6.67. The van der Waals surface area contributed by atoms with E-state index in [9.17, 15) is 9.59 Å². The van der Waals surface area contributed by atoms with Crippen molar-refractivity contribution >= 4 is 0 Å². The Morgan fingerprint density at radius 1 is 0.889 bits per heavy atom. The minimum Gasteiger partial charge on any atom is -0.246 e. The van der Waals surface area contributed by atoms with E-state index in [2.05, 4.69) is 0 Å². The summed E-state index contributed by atoms with van der Waals surface area (Å²) in [5.74, 6) is 3.03. The summed E-state index contributed by atoms with van der Waals surface area (Å²) in [6.45, 7) is 0. The van der Waals surface area contributed by atoms with Crippen LogP contribution in [0.2, 0.25) is 0 Å². The van der Waals surface area contributed by atoms with Gasteiger partial charge in [-0.2, -0.15) is 0 Å². The minimum absolute atomic E-state index is 0.103. The molecule has 0 amide bonds. The van der Waals surface area contributed by atoms with Gasteiger partial charge in [0.1, 0.15) is 0 Å². The highest BCUT2D eigenvalue weighted by molar-refractivity contribution is 5.12. The summed E-state index contributed by atoms with van der Waals surface area (Å²) in [4.78, 5) is 24.3. The molecule has 3 fully saturated rings. The highest BCUT2D eigenvalue weighted by Gasteiger charge is 2.63. The molecule has 1 aromatic rings. The molecule has 18 heavy (non-hydrogen) atoms. The first-order chi connectivity index (χ1) is 8.68. The summed E-state index contributed by atoms with van der Waals surface area (Å²) in [6.07, 6.45) is 5.08. The summed E-state index contributed by atoms with van der Waals surface area (Å²) < 4.78 is 4.85. The zero-order valence-electron chi connectivity index (χ0n) is 10.5. The van der Waals surface area contributed by atoms with Crippen molar-refractivity contribution in [3.63, 3.8) is 0 Å². The molecule has 4 aliphatic rings. The molecule has 0 spiro atoms. The smallest absolute Gasteiger partial charge is 0.246 e. The van der Waals surface area contributed by atoms with Gasteiger partial charge in [-0.1, -0.05) is 0 Å². The molecule has 2 heterocycles. The lowest BCUT2D eigenvalue weighted by molar-refractivity contribution is 0.127. The van der Waals surface area contributed by atoms with E-state index in [0.717, 1.165) is 18.3 Å². The van der Waals surface area contributed by atoms with Crippen molar-refractivity contribution < 1.29 is 0 Å². The third-order valence-electron chi connectivity index (χ3n) is 6.24. The summed E-state index contributed by atoms with van der Waals surface area (Å²) in [6, 6.07) is 0.633. The molecule has 4 bridgehead atoms.